The van der Waals surface area contributed by atoms with Crippen LogP contribution in [0.5, 0.6) is 0 Å². The van der Waals surface area contributed by atoms with E-state index in [1.807, 2.05) is 6.07 Å². The number of methoxy groups -OCH3 is 1. The van der Waals surface area contributed by atoms with Gasteiger partial charge in [-0.1, -0.05) is 6.07 Å². The molecule has 0 radical (unpaired) electrons. The van der Waals surface area contributed by atoms with Gasteiger partial charge in [-0.15, -0.1) is 0 Å². The zero-order valence-electron chi connectivity index (χ0n) is 11.3. The highest BCUT2D eigenvalue weighted by Crippen LogP contribution is 2.13. The van der Waals surface area contributed by atoms with Crippen molar-refractivity contribution >= 4 is 17.6 Å². The summed E-state index contributed by atoms with van der Waals surface area (Å²) in [5, 5.41) is 11.5. The molecule has 1 amide bonds. The molecule has 5 heteroatoms. The third-order valence-corrected chi connectivity index (χ3v) is 2.82. The normalized spacial score (nSPS) is 9.52. The van der Waals surface area contributed by atoms with Gasteiger partial charge in [0.15, 0.2) is 0 Å². The van der Waals surface area contributed by atoms with Gasteiger partial charge in [-0.25, -0.2) is 4.79 Å². The van der Waals surface area contributed by atoms with Crippen molar-refractivity contribution < 1.29 is 14.3 Å². The number of esters is 1. The molecule has 0 spiro atoms. The highest BCUT2D eigenvalue weighted by Gasteiger charge is 2.08. The van der Waals surface area contributed by atoms with Crippen LogP contribution < -0.4 is 5.32 Å². The molecule has 0 bridgehead atoms. The molecule has 0 unspecified atom stereocenters. The van der Waals surface area contributed by atoms with Crippen LogP contribution in [0.2, 0.25) is 0 Å². The number of carbonyl (C=O) groups excluding carboxylic acids is 2. The number of carbonyl (C=O) groups is 2. The summed E-state index contributed by atoms with van der Waals surface area (Å²) in [4.78, 5) is 23.3. The predicted molar refractivity (Wildman–Crippen MR) is 76.9 cm³/mol. The summed E-state index contributed by atoms with van der Waals surface area (Å²) < 4.78 is 4.60. The van der Waals surface area contributed by atoms with E-state index in [1.54, 1.807) is 42.5 Å². The predicted octanol–water partition coefficient (Wildman–Crippen LogP) is 2.60. The summed E-state index contributed by atoms with van der Waals surface area (Å²) >= 11 is 0. The van der Waals surface area contributed by atoms with E-state index in [0.29, 0.717) is 22.4 Å². The van der Waals surface area contributed by atoms with E-state index in [4.69, 9.17) is 5.26 Å². The molecule has 0 aliphatic carbocycles. The molecule has 5 nitrogen and oxygen atoms in total. The molecule has 2 aromatic rings. The molecule has 0 fully saturated rings. The lowest BCUT2D eigenvalue weighted by Gasteiger charge is -2.06. The molecule has 104 valence electrons. The molecule has 2 rings (SSSR count). The maximum atomic E-state index is 12.0. The SMILES string of the molecule is COC(=O)c1ccc(NC(=O)c2cccc(C#N)c2)cc1. The van der Waals surface area contributed by atoms with Gasteiger partial charge in [0, 0.05) is 11.3 Å². The Morgan fingerprint density at radius 3 is 2.43 bits per heavy atom. The Kier molecular flexibility index (Phi) is 4.32. The highest BCUT2D eigenvalue weighted by molar-refractivity contribution is 6.04. The first-order valence-electron chi connectivity index (χ1n) is 6.14. The van der Waals surface area contributed by atoms with Crippen LogP contribution in [0.3, 0.4) is 0 Å². The van der Waals surface area contributed by atoms with E-state index in [-0.39, 0.29) is 5.91 Å². The molecular formula is C16H12N2O3. The minimum Gasteiger partial charge on any atom is -0.465 e. The molecule has 0 saturated carbocycles. The van der Waals surface area contributed by atoms with Gasteiger partial charge in [0.2, 0.25) is 0 Å². The number of ether oxygens (including phenoxy) is 1. The maximum Gasteiger partial charge on any atom is 0.337 e. The van der Waals surface area contributed by atoms with Crippen molar-refractivity contribution in [2.45, 2.75) is 0 Å². The zero-order chi connectivity index (χ0) is 15.2. The second-order valence-corrected chi connectivity index (χ2v) is 4.22. The second kappa shape index (κ2) is 6.35. The van der Waals surface area contributed by atoms with Crippen molar-refractivity contribution in [1.82, 2.24) is 0 Å². The van der Waals surface area contributed by atoms with Crippen molar-refractivity contribution in [3.63, 3.8) is 0 Å². The standard InChI is InChI=1S/C16H12N2O3/c1-21-16(20)12-5-7-14(8-6-12)18-15(19)13-4-2-3-11(9-13)10-17/h2-9H,1H3,(H,18,19). The number of amides is 1. The summed E-state index contributed by atoms with van der Waals surface area (Å²) in [6, 6.07) is 14.7. The monoisotopic (exact) mass is 280 g/mol. The van der Waals surface area contributed by atoms with Crippen LogP contribution in [-0.4, -0.2) is 19.0 Å². The molecule has 0 atom stereocenters. The quantitative estimate of drug-likeness (QED) is 0.876. The molecule has 0 heterocycles. The fourth-order valence-electron chi connectivity index (χ4n) is 1.74. The van der Waals surface area contributed by atoms with E-state index in [9.17, 15) is 9.59 Å². The minimum absolute atomic E-state index is 0.321. The summed E-state index contributed by atoms with van der Waals surface area (Å²) in [5.41, 5.74) is 1.77. The number of anilines is 1. The van der Waals surface area contributed by atoms with E-state index >= 15 is 0 Å². The highest BCUT2D eigenvalue weighted by atomic mass is 16.5. The first-order valence-corrected chi connectivity index (χ1v) is 6.14. The van der Waals surface area contributed by atoms with E-state index < -0.39 is 5.97 Å². The van der Waals surface area contributed by atoms with Crippen molar-refractivity contribution in [3.8, 4) is 6.07 Å². The minimum atomic E-state index is -0.436. The summed E-state index contributed by atoms with van der Waals surface area (Å²) in [5.74, 6) is -0.757. The molecule has 0 aromatic heterocycles. The number of benzene rings is 2. The Hall–Kier alpha value is -3.13. The molecule has 0 aliphatic heterocycles. The summed E-state index contributed by atoms with van der Waals surface area (Å²) in [7, 11) is 1.31. The van der Waals surface area contributed by atoms with Crippen molar-refractivity contribution in [2.24, 2.45) is 0 Å². The third kappa shape index (κ3) is 3.45. The first kappa shape index (κ1) is 14.3. The lowest BCUT2D eigenvalue weighted by molar-refractivity contribution is 0.0600. The Morgan fingerprint density at radius 1 is 1.10 bits per heavy atom. The van der Waals surface area contributed by atoms with Gasteiger partial charge in [-0.3, -0.25) is 4.79 Å². The van der Waals surface area contributed by atoms with Crippen LogP contribution in [0.15, 0.2) is 48.5 Å². The smallest absolute Gasteiger partial charge is 0.337 e. The van der Waals surface area contributed by atoms with Gasteiger partial charge in [0.05, 0.1) is 24.3 Å². The van der Waals surface area contributed by atoms with Gasteiger partial charge in [-0.2, -0.15) is 5.26 Å². The van der Waals surface area contributed by atoms with Crippen LogP contribution in [0, 0.1) is 11.3 Å². The Morgan fingerprint density at radius 2 is 1.81 bits per heavy atom. The van der Waals surface area contributed by atoms with Gasteiger partial charge in [0.1, 0.15) is 0 Å². The first-order chi connectivity index (χ1) is 10.1. The van der Waals surface area contributed by atoms with Crippen molar-refractivity contribution in [1.29, 1.82) is 5.26 Å². The molecule has 21 heavy (non-hydrogen) atoms. The number of hydrogen-bond donors (Lipinski definition) is 1. The van der Waals surface area contributed by atoms with Gasteiger partial charge >= 0.3 is 5.97 Å². The van der Waals surface area contributed by atoms with Crippen LogP contribution >= 0.6 is 0 Å². The topological polar surface area (TPSA) is 79.2 Å². The zero-order valence-corrected chi connectivity index (χ0v) is 11.3. The largest absolute Gasteiger partial charge is 0.465 e. The number of nitrogens with zero attached hydrogens (tertiary/aromatic N) is 1. The average molecular weight is 280 g/mol. The summed E-state index contributed by atoms with van der Waals surface area (Å²) in [6.07, 6.45) is 0. The lowest BCUT2D eigenvalue weighted by Crippen LogP contribution is -2.12. The average Bonchev–Trinajstić information content (AvgIpc) is 2.54. The van der Waals surface area contributed by atoms with Crippen LogP contribution in [0.25, 0.3) is 0 Å². The Bertz CT molecular complexity index is 715. The molecule has 0 aliphatic rings. The van der Waals surface area contributed by atoms with Crippen LogP contribution in [0.4, 0.5) is 5.69 Å². The van der Waals surface area contributed by atoms with Crippen LogP contribution in [-0.2, 0) is 4.74 Å². The molecule has 2 aromatic carbocycles. The Balaban J connectivity index is 2.12. The van der Waals surface area contributed by atoms with E-state index in [0.717, 1.165) is 0 Å². The molecule has 1 N–H and O–H groups in total. The van der Waals surface area contributed by atoms with Gasteiger partial charge in [0.25, 0.3) is 5.91 Å². The molecular weight excluding hydrogens is 268 g/mol. The van der Waals surface area contributed by atoms with E-state index in [1.165, 1.54) is 13.2 Å². The third-order valence-electron chi connectivity index (χ3n) is 2.82. The Labute approximate surface area is 121 Å². The maximum absolute atomic E-state index is 12.0. The van der Waals surface area contributed by atoms with Crippen LogP contribution in [0.1, 0.15) is 26.3 Å². The molecule has 0 saturated heterocycles. The van der Waals surface area contributed by atoms with Crippen molar-refractivity contribution in [2.75, 3.05) is 12.4 Å². The van der Waals surface area contributed by atoms with Gasteiger partial charge < -0.3 is 10.1 Å². The van der Waals surface area contributed by atoms with Crippen molar-refractivity contribution in [3.05, 3.63) is 65.2 Å². The number of rotatable bonds is 3. The lowest BCUT2D eigenvalue weighted by atomic mass is 10.1. The second-order valence-electron chi connectivity index (χ2n) is 4.22. The fourth-order valence-corrected chi connectivity index (χ4v) is 1.74. The van der Waals surface area contributed by atoms with Gasteiger partial charge in [-0.05, 0) is 42.5 Å². The number of nitriles is 1. The van der Waals surface area contributed by atoms with E-state index in [2.05, 4.69) is 10.1 Å². The summed E-state index contributed by atoms with van der Waals surface area (Å²) in [6.45, 7) is 0. The number of nitrogens with one attached hydrogen (secondary N) is 1. The fraction of sp³-hybridized carbons (Fsp3) is 0.0625. The number of hydrogen-bond acceptors (Lipinski definition) is 4.